The van der Waals surface area contributed by atoms with Crippen LogP contribution in [0.3, 0.4) is 0 Å². The molecule has 0 bridgehead atoms. The van der Waals surface area contributed by atoms with Crippen molar-refractivity contribution in [1.82, 2.24) is 4.90 Å². The monoisotopic (exact) mass is 382 g/mol. The molecule has 2 N–H and O–H groups in total. The van der Waals surface area contributed by atoms with E-state index in [0.29, 0.717) is 37.7 Å². The maximum atomic E-state index is 10.5. The SMILES string of the molecule is CN(C)CC1(COc2ccc([N+](=O)[O-])cc2)COC1.O=C(O)/C=C\C(=O)O. The summed E-state index contributed by atoms with van der Waals surface area (Å²) in [4.78, 5) is 31.3. The van der Waals surface area contributed by atoms with Crippen molar-refractivity contribution in [2.75, 3.05) is 40.5 Å². The van der Waals surface area contributed by atoms with Crippen molar-refractivity contribution in [3.8, 4) is 5.75 Å². The second-order valence-electron chi connectivity index (χ2n) is 6.28. The minimum atomic E-state index is -1.26. The summed E-state index contributed by atoms with van der Waals surface area (Å²) in [6.45, 7) is 2.85. The maximum absolute atomic E-state index is 10.5. The first-order valence-electron chi connectivity index (χ1n) is 7.87. The van der Waals surface area contributed by atoms with Gasteiger partial charge >= 0.3 is 11.9 Å². The highest BCUT2D eigenvalue weighted by molar-refractivity contribution is 5.89. The fourth-order valence-electron chi connectivity index (χ4n) is 2.32. The molecular formula is C17H22N2O8. The number of carbonyl (C=O) groups is 2. The number of hydrogen-bond donors (Lipinski definition) is 2. The summed E-state index contributed by atoms with van der Waals surface area (Å²) in [5, 5.41) is 26.2. The molecule has 1 aliphatic heterocycles. The number of carboxylic acid groups (broad SMARTS) is 2. The van der Waals surface area contributed by atoms with E-state index in [1.54, 1.807) is 12.1 Å². The van der Waals surface area contributed by atoms with Gasteiger partial charge in [0.15, 0.2) is 0 Å². The van der Waals surface area contributed by atoms with Crippen molar-refractivity contribution < 1.29 is 34.2 Å². The predicted octanol–water partition coefficient (Wildman–Crippen LogP) is 1.26. The van der Waals surface area contributed by atoms with Gasteiger partial charge in [0.1, 0.15) is 5.75 Å². The van der Waals surface area contributed by atoms with Crippen molar-refractivity contribution in [1.29, 1.82) is 0 Å². The van der Waals surface area contributed by atoms with Gasteiger partial charge < -0.3 is 24.6 Å². The highest BCUT2D eigenvalue weighted by Crippen LogP contribution is 2.29. The van der Waals surface area contributed by atoms with Crippen molar-refractivity contribution in [3.05, 3.63) is 46.5 Å². The molecular weight excluding hydrogens is 360 g/mol. The van der Waals surface area contributed by atoms with Crippen LogP contribution in [0, 0.1) is 15.5 Å². The molecule has 1 aliphatic rings. The van der Waals surface area contributed by atoms with E-state index >= 15 is 0 Å². The van der Waals surface area contributed by atoms with Crippen LogP contribution in [-0.2, 0) is 14.3 Å². The summed E-state index contributed by atoms with van der Waals surface area (Å²) in [5.41, 5.74) is 0.105. The summed E-state index contributed by atoms with van der Waals surface area (Å²) in [7, 11) is 4.04. The number of non-ortho nitro benzene ring substituents is 1. The first kappa shape index (κ1) is 22.1. The third-order valence-corrected chi connectivity index (χ3v) is 3.43. The fourth-order valence-corrected chi connectivity index (χ4v) is 2.32. The smallest absolute Gasteiger partial charge is 0.328 e. The average molecular weight is 382 g/mol. The zero-order chi connectivity index (χ0) is 20.4. The second-order valence-corrected chi connectivity index (χ2v) is 6.28. The number of ether oxygens (including phenoxy) is 2. The molecule has 0 aliphatic carbocycles. The maximum Gasteiger partial charge on any atom is 0.328 e. The van der Waals surface area contributed by atoms with E-state index < -0.39 is 16.9 Å². The van der Waals surface area contributed by atoms with Gasteiger partial charge in [0.05, 0.1) is 30.2 Å². The Kier molecular flexibility index (Phi) is 8.36. The van der Waals surface area contributed by atoms with E-state index in [1.807, 2.05) is 14.1 Å². The molecule has 2 rings (SSSR count). The van der Waals surface area contributed by atoms with E-state index in [9.17, 15) is 19.7 Å². The molecule has 1 fully saturated rings. The molecule has 148 valence electrons. The third kappa shape index (κ3) is 8.29. The zero-order valence-corrected chi connectivity index (χ0v) is 15.0. The van der Waals surface area contributed by atoms with E-state index in [2.05, 4.69) is 4.90 Å². The quantitative estimate of drug-likeness (QED) is 0.386. The van der Waals surface area contributed by atoms with E-state index in [0.717, 1.165) is 6.54 Å². The lowest BCUT2D eigenvalue weighted by molar-refractivity contribution is -0.384. The van der Waals surface area contributed by atoms with Crippen LogP contribution in [0.1, 0.15) is 0 Å². The molecule has 27 heavy (non-hydrogen) atoms. The molecule has 1 aromatic rings. The molecule has 0 spiro atoms. The third-order valence-electron chi connectivity index (χ3n) is 3.43. The first-order chi connectivity index (χ1) is 12.6. The van der Waals surface area contributed by atoms with Crippen LogP contribution in [0.25, 0.3) is 0 Å². The molecule has 10 heteroatoms. The molecule has 10 nitrogen and oxygen atoms in total. The van der Waals surface area contributed by atoms with Crippen LogP contribution in [0.2, 0.25) is 0 Å². The molecule has 0 amide bonds. The van der Waals surface area contributed by atoms with Crippen LogP contribution in [-0.4, -0.2) is 72.4 Å². The van der Waals surface area contributed by atoms with Crippen LogP contribution in [0.5, 0.6) is 5.75 Å². The molecule has 1 aromatic carbocycles. The predicted molar refractivity (Wildman–Crippen MR) is 94.8 cm³/mol. The number of aliphatic carboxylic acids is 2. The van der Waals surface area contributed by atoms with Crippen LogP contribution in [0.15, 0.2) is 36.4 Å². The van der Waals surface area contributed by atoms with Gasteiger partial charge in [-0.3, -0.25) is 10.1 Å². The molecule has 1 heterocycles. The largest absolute Gasteiger partial charge is 0.493 e. The molecule has 0 radical (unpaired) electrons. The van der Waals surface area contributed by atoms with Crippen molar-refractivity contribution in [2.45, 2.75) is 0 Å². The van der Waals surface area contributed by atoms with Gasteiger partial charge in [0, 0.05) is 30.8 Å². The summed E-state index contributed by atoms with van der Waals surface area (Å²) in [6, 6.07) is 6.15. The molecule has 0 unspecified atom stereocenters. The number of nitrogens with zero attached hydrogens (tertiary/aromatic N) is 2. The van der Waals surface area contributed by atoms with Crippen molar-refractivity contribution >= 4 is 17.6 Å². The Morgan fingerprint density at radius 2 is 1.74 bits per heavy atom. The highest BCUT2D eigenvalue weighted by atomic mass is 16.6. The van der Waals surface area contributed by atoms with Crippen LogP contribution >= 0.6 is 0 Å². The lowest BCUT2D eigenvalue weighted by atomic mass is 9.86. The Bertz CT molecular complexity index is 665. The van der Waals surface area contributed by atoms with Gasteiger partial charge in [-0.05, 0) is 26.2 Å². The van der Waals surface area contributed by atoms with Gasteiger partial charge in [-0.25, -0.2) is 9.59 Å². The Balaban J connectivity index is 0.000000387. The Hall–Kier alpha value is -2.98. The number of hydrogen-bond acceptors (Lipinski definition) is 7. The summed E-state index contributed by atoms with van der Waals surface area (Å²) in [5.74, 6) is -1.87. The van der Waals surface area contributed by atoms with Crippen molar-refractivity contribution in [2.24, 2.45) is 5.41 Å². The Morgan fingerprint density at radius 1 is 1.22 bits per heavy atom. The molecule has 0 atom stereocenters. The first-order valence-corrected chi connectivity index (χ1v) is 7.87. The van der Waals surface area contributed by atoms with Gasteiger partial charge in [-0.2, -0.15) is 0 Å². The van der Waals surface area contributed by atoms with E-state index in [1.165, 1.54) is 12.1 Å². The van der Waals surface area contributed by atoms with E-state index in [-0.39, 0.29) is 11.1 Å². The van der Waals surface area contributed by atoms with Gasteiger partial charge in [0.25, 0.3) is 5.69 Å². The number of nitro benzene ring substituents is 1. The lowest BCUT2D eigenvalue weighted by Gasteiger charge is -2.42. The minimum Gasteiger partial charge on any atom is -0.493 e. The Morgan fingerprint density at radius 3 is 2.07 bits per heavy atom. The van der Waals surface area contributed by atoms with Gasteiger partial charge in [-0.15, -0.1) is 0 Å². The lowest BCUT2D eigenvalue weighted by Crippen LogP contribution is -2.53. The number of rotatable bonds is 8. The standard InChI is InChI=1S/C13H18N2O4.C4H4O4/c1-14(2)7-13(8-18-9-13)10-19-12-5-3-11(4-6-12)15(16)17;5-3(6)1-2-4(7)8/h3-6H,7-10H2,1-2H3;1-2H,(H,5,6)(H,7,8)/b;2-1-. The molecule has 0 saturated carbocycles. The van der Waals surface area contributed by atoms with Crippen molar-refractivity contribution in [3.63, 3.8) is 0 Å². The van der Waals surface area contributed by atoms with E-state index in [4.69, 9.17) is 19.7 Å². The summed E-state index contributed by atoms with van der Waals surface area (Å²) < 4.78 is 11.0. The summed E-state index contributed by atoms with van der Waals surface area (Å²) >= 11 is 0. The second kappa shape index (κ2) is 10.2. The highest BCUT2D eigenvalue weighted by Gasteiger charge is 2.40. The van der Waals surface area contributed by atoms with Crippen LogP contribution < -0.4 is 4.74 Å². The fraction of sp³-hybridized carbons (Fsp3) is 0.412. The minimum absolute atomic E-state index is 0.0330. The molecule has 1 saturated heterocycles. The zero-order valence-electron chi connectivity index (χ0n) is 15.0. The summed E-state index contributed by atoms with van der Waals surface area (Å²) in [6.07, 6.45) is 1.12. The normalized spacial score (nSPS) is 14.8. The topological polar surface area (TPSA) is 139 Å². The van der Waals surface area contributed by atoms with Gasteiger partial charge in [-0.1, -0.05) is 0 Å². The molecule has 0 aromatic heterocycles. The Labute approximate surface area is 155 Å². The number of nitro groups is 1. The van der Waals surface area contributed by atoms with Crippen LogP contribution in [0.4, 0.5) is 5.69 Å². The number of carboxylic acids is 2. The average Bonchev–Trinajstić information content (AvgIpc) is 2.56. The van der Waals surface area contributed by atoms with Gasteiger partial charge in [0.2, 0.25) is 0 Å². The number of benzene rings is 1.